The van der Waals surface area contributed by atoms with E-state index in [-0.39, 0.29) is 11.9 Å². The molecule has 0 unspecified atom stereocenters. The van der Waals surface area contributed by atoms with Crippen molar-refractivity contribution in [2.75, 3.05) is 16.8 Å². The summed E-state index contributed by atoms with van der Waals surface area (Å²) < 4.78 is 0. The molecule has 0 spiro atoms. The molecule has 1 atom stereocenters. The van der Waals surface area contributed by atoms with Crippen LogP contribution in [-0.2, 0) is 4.79 Å². The Balaban J connectivity index is 2.16. The van der Waals surface area contributed by atoms with E-state index in [0.29, 0.717) is 0 Å². The van der Waals surface area contributed by atoms with Gasteiger partial charge in [-0.05, 0) is 25.0 Å². The van der Waals surface area contributed by atoms with Gasteiger partial charge in [-0.25, -0.2) is 0 Å². The molecule has 0 aromatic heterocycles. The average Bonchev–Trinajstić information content (AvgIpc) is 2.66. The summed E-state index contributed by atoms with van der Waals surface area (Å²) in [5.41, 5.74) is 1.83. The van der Waals surface area contributed by atoms with Gasteiger partial charge in [-0.3, -0.25) is 4.79 Å². The van der Waals surface area contributed by atoms with Gasteiger partial charge >= 0.3 is 0 Å². The molecular weight excluding hydrogens is 212 g/mol. The molecule has 3 nitrogen and oxygen atoms in total. The lowest BCUT2D eigenvalue weighted by Crippen LogP contribution is -2.44. The number of carbonyl (C=O) groups is 1. The van der Waals surface area contributed by atoms with Crippen LogP contribution >= 0.6 is 11.6 Å². The van der Waals surface area contributed by atoms with E-state index in [1.165, 1.54) is 0 Å². The lowest BCUT2D eigenvalue weighted by molar-refractivity contribution is -0.117. The molecule has 2 aliphatic rings. The standard InChI is InChI=1S/C11H11ClN2O/c12-7-3-1-4-8-10(7)14-6-2-5-9(14)11(15)13-8/h1,3-4,9H,2,5-6H2,(H,13,15)/t9-/m1/s1. The van der Waals surface area contributed by atoms with Crippen LogP contribution in [0.5, 0.6) is 0 Å². The van der Waals surface area contributed by atoms with E-state index in [1.54, 1.807) is 0 Å². The van der Waals surface area contributed by atoms with Gasteiger partial charge < -0.3 is 10.2 Å². The number of carbonyl (C=O) groups excluding carboxylic acids is 1. The van der Waals surface area contributed by atoms with Crippen LogP contribution in [0.1, 0.15) is 12.8 Å². The number of amides is 1. The van der Waals surface area contributed by atoms with Crippen LogP contribution in [0.3, 0.4) is 0 Å². The summed E-state index contributed by atoms with van der Waals surface area (Å²) in [6, 6.07) is 5.61. The summed E-state index contributed by atoms with van der Waals surface area (Å²) >= 11 is 6.16. The third-order valence-electron chi connectivity index (χ3n) is 3.09. The Kier molecular flexibility index (Phi) is 1.89. The number of para-hydroxylation sites is 1. The summed E-state index contributed by atoms with van der Waals surface area (Å²) in [5, 5.41) is 3.63. The molecule has 1 saturated heterocycles. The molecule has 0 aliphatic carbocycles. The van der Waals surface area contributed by atoms with Crippen molar-refractivity contribution in [1.29, 1.82) is 0 Å². The quantitative estimate of drug-likeness (QED) is 0.730. The van der Waals surface area contributed by atoms with Gasteiger partial charge in [-0.1, -0.05) is 17.7 Å². The number of rotatable bonds is 0. The van der Waals surface area contributed by atoms with Crippen molar-refractivity contribution in [2.24, 2.45) is 0 Å². The van der Waals surface area contributed by atoms with Gasteiger partial charge in [0.15, 0.2) is 0 Å². The summed E-state index contributed by atoms with van der Waals surface area (Å²) in [7, 11) is 0. The first-order valence-corrected chi connectivity index (χ1v) is 5.51. The van der Waals surface area contributed by atoms with Crippen molar-refractivity contribution in [1.82, 2.24) is 0 Å². The first kappa shape index (κ1) is 9.04. The van der Waals surface area contributed by atoms with Crippen molar-refractivity contribution >= 4 is 28.9 Å². The zero-order valence-corrected chi connectivity index (χ0v) is 8.92. The molecule has 1 aromatic rings. The molecule has 1 N–H and O–H groups in total. The highest BCUT2D eigenvalue weighted by Crippen LogP contribution is 2.41. The number of anilines is 2. The smallest absolute Gasteiger partial charge is 0.247 e. The van der Waals surface area contributed by atoms with Crippen LogP contribution < -0.4 is 10.2 Å². The van der Waals surface area contributed by atoms with Crippen LogP contribution in [-0.4, -0.2) is 18.5 Å². The van der Waals surface area contributed by atoms with E-state index in [4.69, 9.17) is 11.6 Å². The fraction of sp³-hybridized carbons (Fsp3) is 0.364. The van der Waals surface area contributed by atoms with Gasteiger partial charge in [0.25, 0.3) is 0 Å². The topological polar surface area (TPSA) is 32.3 Å². The third kappa shape index (κ3) is 1.23. The number of nitrogens with zero attached hydrogens (tertiary/aromatic N) is 1. The molecule has 78 valence electrons. The van der Waals surface area contributed by atoms with Gasteiger partial charge in [0.2, 0.25) is 5.91 Å². The van der Waals surface area contributed by atoms with E-state index < -0.39 is 0 Å². The number of fused-ring (bicyclic) bond motifs is 3. The van der Waals surface area contributed by atoms with Crippen molar-refractivity contribution in [3.8, 4) is 0 Å². The minimum Gasteiger partial charge on any atom is -0.357 e. The van der Waals surface area contributed by atoms with Crippen molar-refractivity contribution in [2.45, 2.75) is 18.9 Å². The maximum atomic E-state index is 11.8. The molecule has 0 bridgehead atoms. The Bertz CT molecular complexity index is 433. The SMILES string of the molecule is O=C1Nc2cccc(Cl)c2N2CCC[C@H]12. The maximum absolute atomic E-state index is 11.8. The van der Waals surface area contributed by atoms with E-state index in [2.05, 4.69) is 10.2 Å². The molecule has 4 heteroatoms. The first-order chi connectivity index (χ1) is 7.27. The van der Waals surface area contributed by atoms with Crippen LogP contribution in [0.2, 0.25) is 5.02 Å². The minimum atomic E-state index is -0.0163. The van der Waals surface area contributed by atoms with E-state index in [0.717, 1.165) is 35.8 Å². The fourth-order valence-corrected chi connectivity index (χ4v) is 2.71. The number of benzene rings is 1. The molecule has 1 fully saturated rings. The Hall–Kier alpha value is -1.22. The van der Waals surface area contributed by atoms with Crippen LogP contribution in [0.4, 0.5) is 11.4 Å². The monoisotopic (exact) mass is 222 g/mol. The molecule has 3 rings (SSSR count). The molecule has 15 heavy (non-hydrogen) atoms. The van der Waals surface area contributed by atoms with Crippen LogP contribution in [0.15, 0.2) is 18.2 Å². The highest BCUT2D eigenvalue weighted by Gasteiger charge is 2.37. The van der Waals surface area contributed by atoms with E-state index >= 15 is 0 Å². The summed E-state index contributed by atoms with van der Waals surface area (Å²) in [5.74, 6) is 0.0993. The second-order valence-corrected chi connectivity index (χ2v) is 4.38. The fourth-order valence-electron chi connectivity index (χ4n) is 2.43. The summed E-state index contributed by atoms with van der Waals surface area (Å²) in [4.78, 5) is 13.9. The van der Waals surface area contributed by atoms with Crippen molar-refractivity contribution in [3.63, 3.8) is 0 Å². The molecular formula is C11H11ClN2O. The number of halogens is 1. The number of nitrogens with one attached hydrogen (secondary N) is 1. The van der Waals surface area contributed by atoms with E-state index in [1.807, 2.05) is 18.2 Å². The second kappa shape index (κ2) is 3.14. The van der Waals surface area contributed by atoms with Crippen LogP contribution in [0.25, 0.3) is 0 Å². The highest BCUT2D eigenvalue weighted by molar-refractivity contribution is 6.34. The predicted octanol–water partition coefficient (Wildman–Crippen LogP) is 2.26. The molecule has 2 aliphatic heterocycles. The largest absolute Gasteiger partial charge is 0.357 e. The Morgan fingerprint density at radius 3 is 3.20 bits per heavy atom. The van der Waals surface area contributed by atoms with Gasteiger partial charge in [-0.15, -0.1) is 0 Å². The number of hydrogen-bond acceptors (Lipinski definition) is 2. The van der Waals surface area contributed by atoms with Gasteiger partial charge in [0, 0.05) is 6.54 Å². The Morgan fingerprint density at radius 1 is 1.47 bits per heavy atom. The molecule has 0 radical (unpaired) electrons. The molecule has 1 amide bonds. The van der Waals surface area contributed by atoms with Crippen molar-refractivity contribution in [3.05, 3.63) is 23.2 Å². The summed E-state index contributed by atoms with van der Waals surface area (Å²) in [6.07, 6.45) is 1.99. The van der Waals surface area contributed by atoms with Gasteiger partial charge in [0.1, 0.15) is 6.04 Å². The maximum Gasteiger partial charge on any atom is 0.247 e. The minimum absolute atomic E-state index is 0.0163. The normalized spacial score (nSPS) is 23.4. The zero-order chi connectivity index (χ0) is 10.4. The zero-order valence-electron chi connectivity index (χ0n) is 8.16. The first-order valence-electron chi connectivity index (χ1n) is 5.13. The Labute approximate surface area is 93.0 Å². The van der Waals surface area contributed by atoms with E-state index in [9.17, 15) is 4.79 Å². The number of hydrogen-bond donors (Lipinski definition) is 1. The molecule has 0 saturated carbocycles. The van der Waals surface area contributed by atoms with Crippen molar-refractivity contribution < 1.29 is 4.79 Å². The molecule has 2 heterocycles. The average molecular weight is 223 g/mol. The van der Waals surface area contributed by atoms with Gasteiger partial charge in [0.05, 0.1) is 16.4 Å². The molecule has 1 aromatic carbocycles. The lowest BCUT2D eigenvalue weighted by atomic mass is 10.1. The van der Waals surface area contributed by atoms with Crippen LogP contribution in [0, 0.1) is 0 Å². The Morgan fingerprint density at radius 2 is 2.33 bits per heavy atom. The predicted molar refractivity (Wildman–Crippen MR) is 60.4 cm³/mol. The summed E-state index contributed by atoms with van der Waals surface area (Å²) in [6.45, 7) is 0.925. The lowest BCUT2D eigenvalue weighted by Gasteiger charge is -2.33. The third-order valence-corrected chi connectivity index (χ3v) is 3.39. The highest BCUT2D eigenvalue weighted by atomic mass is 35.5. The van der Waals surface area contributed by atoms with Gasteiger partial charge in [-0.2, -0.15) is 0 Å². The second-order valence-electron chi connectivity index (χ2n) is 3.98.